The quantitative estimate of drug-likeness (QED) is 0.650. The third-order valence-electron chi connectivity index (χ3n) is 4.42. The van der Waals surface area contributed by atoms with E-state index in [0.29, 0.717) is 24.5 Å². The average molecular weight is 376 g/mol. The van der Waals surface area contributed by atoms with E-state index in [4.69, 9.17) is 4.74 Å². The van der Waals surface area contributed by atoms with Crippen LogP contribution in [-0.4, -0.2) is 36.3 Å². The maximum Gasteiger partial charge on any atom is 0.271 e. The highest BCUT2D eigenvalue weighted by molar-refractivity contribution is 5.92. The lowest BCUT2D eigenvalue weighted by Gasteiger charge is -2.21. The van der Waals surface area contributed by atoms with Gasteiger partial charge in [-0.15, -0.1) is 10.2 Å². The Morgan fingerprint density at radius 1 is 1.00 bits per heavy atom. The molecule has 0 aliphatic rings. The van der Waals surface area contributed by atoms with Crippen molar-refractivity contribution < 1.29 is 9.53 Å². The first-order valence-electron chi connectivity index (χ1n) is 9.29. The minimum atomic E-state index is -0.239. The summed E-state index contributed by atoms with van der Waals surface area (Å²) in [6.07, 6.45) is 0.679. The fourth-order valence-electron chi connectivity index (χ4n) is 2.99. The molecule has 0 spiro atoms. The molecule has 0 aliphatic carbocycles. The zero-order chi connectivity index (χ0) is 19.8. The van der Waals surface area contributed by atoms with Crippen LogP contribution in [0.2, 0.25) is 0 Å². The Labute approximate surface area is 165 Å². The maximum atomic E-state index is 12.4. The van der Waals surface area contributed by atoms with Gasteiger partial charge in [0.2, 0.25) is 0 Å². The van der Waals surface area contributed by atoms with E-state index >= 15 is 0 Å². The summed E-state index contributed by atoms with van der Waals surface area (Å²) in [6.45, 7) is 3.30. The topological polar surface area (TPSA) is 67.4 Å². The summed E-state index contributed by atoms with van der Waals surface area (Å²) in [4.78, 5) is 14.4. The molecular formula is C22H24N4O2. The Morgan fingerprint density at radius 2 is 1.75 bits per heavy atom. The molecule has 1 heterocycles. The normalized spacial score (nSPS) is 10.4. The van der Waals surface area contributed by atoms with Crippen LogP contribution in [-0.2, 0) is 6.42 Å². The highest BCUT2D eigenvalue weighted by Gasteiger charge is 2.12. The standard InChI is InChI=1S/C22H24N4O2/c1-3-26(18-10-5-4-6-11-18)21-14-13-19(24-25-21)22(27)23-16-15-17-9-7-8-12-20(17)28-2/h4-14H,3,15-16H2,1-2H3,(H,23,27). The molecule has 0 saturated heterocycles. The van der Waals surface area contributed by atoms with Crippen molar-refractivity contribution in [3.63, 3.8) is 0 Å². The van der Waals surface area contributed by atoms with Crippen LogP contribution in [0.1, 0.15) is 23.0 Å². The fraction of sp³-hybridized carbons (Fsp3) is 0.227. The number of para-hydroxylation sites is 2. The van der Waals surface area contributed by atoms with Gasteiger partial charge >= 0.3 is 0 Å². The number of hydrogen-bond donors (Lipinski definition) is 1. The van der Waals surface area contributed by atoms with Crippen LogP contribution in [0.15, 0.2) is 66.7 Å². The summed E-state index contributed by atoms with van der Waals surface area (Å²) < 4.78 is 5.33. The zero-order valence-corrected chi connectivity index (χ0v) is 16.1. The van der Waals surface area contributed by atoms with E-state index in [9.17, 15) is 4.79 Å². The van der Waals surface area contributed by atoms with E-state index in [1.807, 2.05) is 72.5 Å². The predicted octanol–water partition coefficient (Wildman–Crippen LogP) is 3.62. The smallest absolute Gasteiger partial charge is 0.271 e. The molecule has 3 aromatic rings. The molecule has 0 bridgehead atoms. The van der Waals surface area contributed by atoms with Gasteiger partial charge in [-0.05, 0) is 49.2 Å². The Hall–Kier alpha value is -3.41. The number of carbonyl (C=O) groups excluding carboxylic acids is 1. The van der Waals surface area contributed by atoms with Gasteiger partial charge in [0.15, 0.2) is 11.5 Å². The first kappa shape index (κ1) is 19.4. The molecule has 0 aliphatic heterocycles. The Kier molecular flexibility index (Phi) is 6.57. The highest BCUT2D eigenvalue weighted by atomic mass is 16.5. The highest BCUT2D eigenvalue weighted by Crippen LogP contribution is 2.22. The molecule has 0 radical (unpaired) electrons. The number of anilines is 2. The van der Waals surface area contributed by atoms with Crippen LogP contribution >= 0.6 is 0 Å². The lowest BCUT2D eigenvalue weighted by atomic mass is 10.1. The van der Waals surface area contributed by atoms with Crippen molar-refractivity contribution >= 4 is 17.4 Å². The summed E-state index contributed by atoms with van der Waals surface area (Å²) in [5, 5.41) is 11.2. The van der Waals surface area contributed by atoms with Crippen LogP contribution < -0.4 is 15.0 Å². The number of ether oxygens (including phenoxy) is 1. The van der Waals surface area contributed by atoms with Gasteiger partial charge in [0.25, 0.3) is 5.91 Å². The Balaban J connectivity index is 1.60. The summed E-state index contributed by atoms with van der Waals surface area (Å²) in [6, 6.07) is 21.3. The fourth-order valence-corrected chi connectivity index (χ4v) is 2.99. The van der Waals surface area contributed by atoms with Crippen LogP contribution in [0.25, 0.3) is 0 Å². The van der Waals surface area contributed by atoms with E-state index in [1.165, 1.54) is 0 Å². The van der Waals surface area contributed by atoms with Crippen LogP contribution in [0.3, 0.4) is 0 Å². The molecule has 6 heteroatoms. The van der Waals surface area contributed by atoms with E-state index in [-0.39, 0.29) is 5.91 Å². The number of hydrogen-bond acceptors (Lipinski definition) is 5. The number of nitrogens with one attached hydrogen (secondary N) is 1. The second kappa shape index (κ2) is 9.50. The van der Waals surface area contributed by atoms with Gasteiger partial charge in [-0.2, -0.15) is 0 Å². The molecule has 1 amide bonds. The molecule has 0 fully saturated rings. The van der Waals surface area contributed by atoms with Gasteiger partial charge in [0.1, 0.15) is 5.75 Å². The van der Waals surface area contributed by atoms with Gasteiger partial charge < -0.3 is 15.0 Å². The lowest BCUT2D eigenvalue weighted by molar-refractivity contribution is 0.0948. The zero-order valence-electron chi connectivity index (χ0n) is 16.1. The molecule has 3 rings (SSSR count). The van der Waals surface area contributed by atoms with Crippen LogP contribution in [0.4, 0.5) is 11.5 Å². The van der Waals surface area contributed by atoms with Crippen molar-refractivity contribution in [2.75, 3.05) is 25.1 Å². The molecule has 144 valence electrons. The number of nitrogens with zero attached hydrogens (tertiary/aromatic N) is 3. The summed E-state index contributed by atoms with van der Waals surface area (Å²) in [5.74, 6) is 1.29. The van der Waals surface area contributed by atoms with Crippen molar-refractivity contribution in [3.8, 4) is 5.75 Å². The van der Waals surface area contributed by atoms with E-state index in [0.717, 1.165) is 23.5 Å². The number of benzene rings is 2. The number of carbonyl (C=O) groups is 1. The largest absolute Gasteiger partial charge is 0.496 e. The summed E-state index contributed by atoms with van der Waals surface area (Å²) >= 11 is 0. The van der Waals surface area contributed by atoms with Gasteiger partial charge in [-0.25, -0.2) is 0 Å². The van der Waals surface area contributed by atoms with Crippen molar-refractivity contribution in [1.82, 2.24) is 15.5 Å². The molecule has 1 N–H and O–H groups in total. The summed E-state index contributed by atoms with van der Waals surface area (Å²) in [5.41, 5.74) is 2.38. The Bertz CT molecular complexity index is 898. The minimum absolute atomic E-state index is 0.239. The van der Waals surface area contributed by atoms with Gasteiger partial charge in [-0.1, -0.05) is 36.4 Å². The predicted molar refractivity (Wildman–Crippen MR) is 110 cm³/mol. The molecular weight excluding hydrogens is 352 g/mol. The molecule has 2 aromatic carbocycles. The number of rotatable bonds is 8. The van der Waals surface area contributed by atoms with E-state index < -0.39 is 0 Å². The summed E-state index contributed by atoms with van der Waals surface area (Å²) in [7, 11) is 1.64. The second-order valence-corrected chi connectivity index (χ2v) is 6.17. The van der Waals surface area contributed by atoms with Gasteiger partial charge in [-0.3, -0.25) is 4.79 Å². The molecule has 1 aromatic heterocycles. The number of methoxy groups -OCH3 is 1. The molecule has 28 heavy (non-hydrogen) atoms. The minimum Gasteiger partial charge on any atom is -0.496 e. The van der Waals surface area contributed by atoms with Gasteiger partial charge in [0.05, 0.1) is 7.11 Å². The Morgan fingerprint density at radius 3 is 2.43 bits per heavy atom. The van der Waals surface area contributed by atoms with E-state index in [1.54, 1.807) is 13.2 Å². The van der Waals surface area contributed by atoms with Crippen molar-refractivity contribution in [1.29, 1.82) is 0 Å². The second-order valence-electron chi connectivity index (χ2n) is 6.17. The van der Waals surface area contributed by atoms with Crippen molar-refractivity contribution in [2.24, 2.45) is 0 Å². The molecule has 6 nitrogen and oxygen atoms in total. The van der Waals surface area contributed by atoms with E-state index in [2.05, 4.69) is 15.5 Å². The van der Waals surface area contributed by atoms with Crippen molar-refractivity contribution in [2.45, 2.75) is 13.3 Å². The third kappa shape index (κ3) is 4.65. The van der Waals surface area contributed by atoms with Crippen LogP contribution in [0.5, 0.6) is 5.75 Å². The SMILES string of the molecule is CCN(c1ccccc1)c1ccc(C(=O)NCCc2ccccc2OC)nn1. The van der Waals surface area contributed by atoms with Crippen LogP contribution in [0, 0.1) is 0 Å². The van der Waals surface area contributed by atoms with Crippen molar-refractivity contribution in [3.05, 3.63) is 78.0 Å². The molecule has 0 saturated carbocycles. The monoisotopic (exact) mass is 376 g/mol. The number of aromatic nitrogens is 2. The molecule has 0 atom stereocenters. The lowest BCUT2D eigenvalue weighted by Crippen LogP contribution is -2.27. The number of amides is 1. The first-order chi connectivity index (χ1) is 13.7. The first-order valence-corrected chi connectivity index (χ1v) is 9.29. The van der Waals surface area contributed by atoms with Gasteiger partial charge in [0, 0.05) is 18.8 Å². The molecule has 0 unspecified atom stereocenters. The average Bonchev–Trinajstić information content (AvgIpc) is 2.76. The maximum absolute atomic E-state index is 12.4. The third-order valence-corrected chi connectivity index (χ3v) is 4.42.